The SMILES string of the molecule is O=C1CC/C(=C\C(=O)c2ccccc2)O1. The zero-order valence-corrected chi connectivity index (χ0v) is 8.10. The van der Waals surface area contributed by atoms with Crippen LogP contribution in [-0.2, 0) is 9.53 Å². The van der Waals surface area contributed by atoms with E-state index in [0.29, 0.717) is 24.2 Å². The van der Waals surface area contributed by atoms with Crippen molar-refractivity contribution in [3.05, 3.63) is 47.7 Å². The van der Waals surface area contributed by atoms with Gasteiger partial charge >= 0.3 is 5.97 Å². The lowest BCUT2D eigenvalue weighted by atomic mass is 10.1. The number of carbonyl (C=O) groups excluding carboxylic acids is 2. The van der Waals surface area contributed by atoms with Crippen LogP contribution in [0.1, 0.15) is 23.2 Å². The summed E-state index contributed by atoms with van der Waals surface area (Å²) in [6, 6.07) is 8.91. The number of ether oxygens (including phenoxy) is 1. The molecule has 15 heavy (non-hydrogen) atoms. The van der Waals surface area contributed by atoms with Gasteiger partial charge in [-0.2, -0.15) is 0 Å². The van der Waals surface area contributed by atoms with Gasteiger partial charge in [0.05, 0.1) is 6.42 Å². The first-order valence-electron chi connectivity index (χ1n) is 4.76. The fraction of sp³-hybridized carbons (Fsp3) is 0.167. The summed E-state index contributed by atoms with van der Waals surface area (Å²) in [5.41, 5.74) is 0.605. The molecule has 1 fully saturated rings. The van der Waals surface area contributed by atoms with Crippen molar-refractivity contribution in [1.82, 2.24) is 0 Å². The Kier molecular flexibility index (Phi) is 2.63. The van der Waals surface area contributed by atoms with Crippen molar-refractivity contribution in [1.29, 1.82) is 0 Å². The van der Waals surface area contributed by atoms with Gasteiger partial charge in [-0.3, -0.25) is 9.59 Å². The Morgan fingerprint density at radius 2 is 1.93 bits per heavy atom. The monoisotopic (exact) mass is 202 g/mol. The first-order valence-corrected chi connectivity index (χ1v) is 4.76. The topological polar surface area (TPSA) is 43.4 Å². The lowest BCUT2D eigenvalue weighted by Gasteiger charge is -1.96. The molecule has 3 nitrogen and oxygen atoms in total. The third kappa shape index (κ3) is 2.31. The summed E-state index contributed by atoms with van der Waals surface area (Å²) >= 11 is 0. The van der Waals surface area contributed by atoms with Crippen molar-refractivity contribution in [2.75, 3.05) is 0 Å². The van der Waals surface area contributed by atoms with Crippen molar-refractivity contribution in [3.8, 4) is 0 Å². The largest absolute Gasteiger partial charge is 0.431 e. The van der Waals surface area contributed by atoms with Crippen LogP contribution in [-0.4, -0.2) is 11.8 Å². The lowest BCUT2D eigenvalue weighted by Crippen LogP contribution is -1.96. The fourth-order valence-corrected chi connectivity index (χ4v) is 1.41. The van der Waals surface area contributed by atoms with E-state index in [1.807, 2.05) is 6.07 Å². The van der Waals surface area contributed by atoms with Crippen LogP contribution in [0.25, 0.3) is 0 Å². The predicted molar refractivity (Wildman–Crippen MR) is 54.2 cm³/mol. The summed E-state index contributed by atoms with van der Waals surface area (Å²) in [5.74, 6) is 0.0799. The summed E-state index contributed by atoms with van der Waals surface area (Å²) in [6.45, 7) is 0. The van der Waals surface area contributed by atoms with E-state index in [1.54, 1.807) is 24.3 Å². The second-order valence-electron chi connectivity index (χ2n) is 3.31. The van der Waals surface area contributed by atoms with Gasteiger partial charge < -0.3 is 4.74 Å². The Morgan fingerprint density at radius 1 is 1.20 bits per heavy atom. The number of benzene rings is 1. The van der Waals surface area contributed by atoms with E-state index in [9.17, 15) is 9.59 Å². The third-order valence-electron chi connectivity index (χ3n) is 2.17. The molecule has 76 valence electrons. The van der Waals surface area contributed by atoms with Gasteiger partial charge in [0.2, 0.25) is 0 Å². The molecule has 0 saturated carbocycles. The molecule has 3 heteroatoms. The van der Waals surface area contributed by atoms with Crippen LogP contribution in [0.4, 0.5) is 0 Å². The van der Waals surface area contributed by atoms with Crippen LogP contribution < -0.4 is 0 Å². The van der Waals surface area contributed by atoms with Gasteiger partial charge in [0.15, 0.2) is 5.78 Å². The number of hydrogen-bond donors (Lipinski definition) is 0. The van der Waals surface area contributed by atoms with E-state index in [1.165, 1.54) is 6.08 Å². The minimum absolute atomic E-state index is 0.125. The van der Waals surface area contributed by atoms with Gasteiger partial charge in [-0.1, -0.05) is 30.3 Å². The molecule has 1 aromatic rings. The number of ketones is 1. The van der Waals surface area contributed by atoms with E-state index >= 15 is 0 Å². The van der Waals surface area contributed by atoms with E-state index in [2.05, 4.69) is 0 Å². The molecular formula is C12H10O3. The van der Waals surface area contributed by atoms with Gasteiger partial charge in [-0.25, -0.2) is 0 Å². The van der Waals surface area contributed by atoms with Crippen molar-refractivity contribution in [2.45, 2.75) is 12.8 Å². The second-order valence-corrected chi connectivity index (χ2v) is 3.31. The molecule has 0 aromatic heterocycles. The first kappa shape index (κ1) is 9.65. The maximum Gasteiger partial charge on any atom is 0.311 e. The number of esters is 1. The maximum absolute atomic E-state index is 11.6. The van der Waals surface area contributed by atoms with Crippen molar-refractivity contribution >= 4 is 11.8 Å². The molecule has 0 amide bonds. The Balaban J connectivity index is 2.13. The standard InChI is InChI=1S/C12H10O3/c13-11(9-4-2-1-3-5-9)8-10-6-7-12(14)15-10/h1-5,8H,6-7H2/b10-8+. The van der Waals surface area contributed by atoms with Gasteiger partial charge in [0.1, 0.15) is 5.76 Å². The van der Waals surface area contributed by atoms with Gasteiger partial charge in [-0.15, -0.1) is 0 Å². The molecule has 1 aromatic carbocycles. The molecule has 1 heterocycles. The van der Waals surface area contributed by atoms with Crippen molar-refractivity contribution < 1.29 is 14.3 Å². The summed E-state index contributed by atoms with van der Waals surface area (Å²) in [6.07, 6.45) is 2.28. The Bertz CT molecular complexity index is 418. The molecule has 0 atom stereocenters. The van der Waals surface area contributed by atoms with Crippen LogP contribution in [0.2, 0.25) is 0 Å². The van der Waals surface area contributed by atoms with E-state index in [-0.39, 0.29) is 11.8 Å². The zero-order chi connectivity index (χ0) is 10.7. The molecule has 1 saturated heterocycles. The van der Waals surface area contributed by atoms with E-state index < -0.39 is 0 Å². The van der Waals surface area contributed by atoms with E-state index in [4.69, 9.17) is 4.74 Å². The van der Waals surface area contributed by atoms with Crippen LogP contribution in [0.5, 0.6) is 0 Å². The number of rotatable bonds is 2. The predicted octanol–water partition coefficient (Wildman–Crippen LogP) is 2.09. The second kappa shape index (κ2) is 4.09. The number of allylic oxidation sites excluding steroid dienone is 2. The smallest absolute Gasteiger partial charge is 0.311 e. The molecule has 0 bridgehead atoms. The maximum atomic E-state index is 11.6. The normalized spacial score (nSPS) is 17.9. The fourth-order valence-electron chi connectivity index (χ4n) is 1.41. The summed E-state index contributed by atoms with van der Waals surface area (Å²) in [7, 11) is 0. The summed E-state index contributed by atoms with van der Waals surface area (Å²) in [5, 5.41) is 0. The zero-order valence-electron chi connectivity index (χ0n) is 8.10. The van der Waals surface area contributed by atoms with Crippen LogP contribution in [0, 0.1) is 0 Å². The summed E-state index contributed by atoms with van der Waals surface area (Å²) < 4.78 is 4.85. The quantitative estimate of drug-likeness (QED) is 0.419. The Labute approximate surface area is 87.4 Å². The highest BCUT2D eigenvalue weighted by Gasteiger charge is 2.18. The first-order chi connectivity index (χ1) is 7.25. The number of carbonyl (C=O) groups is 2. The summed E-state index contributed by atoms with van der Waals surface area (Å²) in [4.78, 5) is 22.4. The Morgan fingerprint density at radius 3 is 2.53 bits per heavy atom. The van der Waals surface area contributed by atoms with Crippen LogP contribution in [0.3, 0.4) is 0 Å². The molecule has 2 rings (SSSR count). The molecule has 0 radical (unpaired) electrons. The molecule has 1 aliphatic heterocycles. The van der Waals surface area contributed by atoms with Crippen molar-refractivity contribution in [3.63, 3.8) is 0 Å². The molecule has 1 aliphatic rings. The third-order valence-corrected chi connectivity index (χ3v) is 2.17. The molecule has 0 unspecified atom stereocenters. The van der Waals surface area contributed by atoms with Crippen LogP contribution >= 0.6 is 0 Å². The average molecular weight is 202 g/mol. The minimum Gasteiger partial charge on any atom is -0.431 e. The molecular weight excluding hydrogens is 192 g/mol. The number of hydrogen-bond acceptors (Lipinski definition) is 3. The average Bonchev–Trinajstić information content (AvgIpc) is 2.65. The lowest BCUT2D eigenvalue weighted by molar-refractivity contribution is -0.135. The number of cyclic esters (lactones) is 1. The van der Waals surface area contributed by atoms with Gasteiger partial charge in [-0.05, 0) is 0 Å². The molecule has 0 aliphatic carbocycles. The highest BCUT2D eigenvalue weighted by Crippen LogP contribution is 2.18. The molecule has 0 N–H and O–H groups in total. The highest BCUT2D eigenvalue weighted by atomic mass is 16.5. The van der Waals surface area contributed by atoms with Crippen molar-refractivity contribution in [2.24, 2.45) is 0 Å². The minimum atomic E-state index is -0.262. The van der Waals surface area contributed by atoms with Gasteiger partial charge in [0, 0.05) is 18.1 Å². The molecule has 0 spiro atoms. The van der Waals surface area contributed by atoms with Crippen LogP contribution in [0.15, 0.2) is 42.2 Å². The van der Waals surface area contributed by atoms with Gasteiger partial charge in [0.25, 0.3) is 0 Å². The highest BCUT2D eigenvalue weighted by molar-refractivity contribution is 6.05. The van der Waals surface area contributed by atoms with E-state index in [0.717, 1.165) is 0 Å². The Hall–Kier alpha value is -1.90.